The second-order valence-corrected chi connectivity index (χ2v) is 6.75. The Morgan fingerprint density at radius 1 is 1.04 bits per heavy atom. The number of hydrogen-bond acceptors (Lipinski definition) is 4. The third-order valence-electron chi connectivity index (χ3n) is 5.12. The van der Waals surface area contributed by atoms with Gasteiger partial charge in [-0.25, -0.2) is 4.39 Å². The van der Waals surface area contributed by atoms with Crippen molar-refractivity contribution in [2.45, 2.75) is 30.8 Å². The van der Waals surface area contributed by atoms with Crippen molar-refractivity contribution in [2.24, 2.45) is 0 Å². The highest BCUT2D eigenvalue weighted by Gasteiger charge is 2.46. The number of para-hydroxylation sites is 2. The summed E-state index contributed by atoms with van der Waals surface area (Å²) >= 11 is 0. The first-order chi connectivity index (χ1) is 13.1. The van der Waals surface area contributed by atoms with Crippen LogP contribution in [0.5, 0.6) is 11.5 Å². The zero-order chi connectivity index (χ0) is 18.9. The number of halogens is 1. The smallest absolute Gasteiger partial charge is 0.283 e. The molecule has 2 aromatic rings. The van der Waals surface area contributed by atoms with Crippen LogP contribution < -0.4 is 20.3 Å². The standard InChI is InChI=1S/C20H19FN2O4/c21-14-6-3-5-13(11-14)20(9-4-10-20)19(25)23-22-18(24)17-12-26-15-7-1-2-8-16(15)27-17/h1-3,5-8,11,17H,4,9-10,12H2,(H,22,24)(H,23,25). The quantitative estimate of drug-likeness (QED) is 0.813. The molecule has 2 aromatic carbocycles. The predicted molar refractivity (Wildman–Crippen MR) is 94.6 cm³/mol. The molecule has 4 rings (SSSR count). The maximum atomic E-state index is 13.6. The van der Waals surface area contributed by atoms with Crippen LogP contribution in [0.25, 0.3) is 0 Å². The highest BCUT2D eigenvalue weighted by Crippen LogP contribution is 2.44. The fourth-order valence-electron chi connectivity index (χ4n) is 3.43. The molecular weight excluding hydrogens is 351 g/mol. The Morgan fingerprint density at radius 2 is 1.81 bits per heavy atom. The van der Waals surface area contributed by atoms with Crippen molar-refractivity contribution in [3.63, 3.8) is 0 Å². The van der Waals surface area contributed by atoms with E-state index in [2.05, 4.69) is 10.9 Å². The number of carbonyl (C=O) groups excluding carboxylic acids is 2. The van der Waals surface area contributed by atoms with E-state index in [1.165, 1.54) is 12.1 Å². The molecule has 1 heterocycles. The summed E-state index contributed by atoms with van der Waals surface area (Å²) in [5, 5.41) is 0. The van der Waals surface area contributed by atoms with Crippen molar-refractivity contribution in [1.29, 1.82) is 0 Å². The minimum Gasteiger partial charge on any atom is -0.485 e. The number of rotatable bonds is 3. The lowest BCUT2D eigenvalue weighted by molar-refractivity contribution is -0.138. The SMILES string of the molecule is O=C(NNC(=O)C1(c2cccc(F)c2)CCC1)C1COc2ccccc2O1. The molecular formula is C20H19FN2O4. The molecule has 1 aliphatic heterocycles. The van der Waals surface area contributed by atoms with Crippen molar-refractivity contribution < 1.29 is 23.5 Å². The summed E-state index contributed by atoms with van der Waals surface area (Å²) in [6, 6.07) is 13.1. The molecule has 27 heavy (non-hydrogen) atoms. The number of ether oxygens (including phenoxy) is 2. The van der Waals surface area contributed by atoms with Crippen LogP contribution in [0.3, 0.4) is 0 Å². The highest BCUT2D eigenvalue weighted by molar-refractivity contribution is 5.91. The van der Waals surface area contributed by atoms with Gasteiger partial charge in [-0.3, -0.25) is 20.4 Å². The van der Waals surface area contributed by atoms with Gasteiger partial charge < -0.3 is 9.47 Å². The Kier molecular flexibility index (Phi) is 4.43. The van der Waals surface area contributed by atoms with Crippen molar-refractivity contribution >= 4 is 11.8 Å². The first-order valence-corrected chi connectivity index (χ1v) is 8.83. The lowest BCUT2D eigenvalue weighted by Crippen LogP contribution is -2.57. The molecule has 0 radical (unpaired) electrons. The predicted octanol–water partition coefficient (Wildman–Crippen LogP) is 2.23. The maximum absolute atomic E-state index is 13.6. The monoisotopic (exact) mass is 370 g/mol. The van der Waals surface area contributed by atoms with Gasteiger partial charge in [0.2, 0.25) is 12.0 Å². The molecule has 1 atom stereocenters. The zero-order valence-corrected chi connectivity index (χ0v) is 14.5. The molecule has 2 amide bonds. The first kappa shape index (κ1) is 17.3. The summed E-state index contributed by atoms with van der Waals surface area (Å²) < 4.78 is 24.7. The van der Waals surface area contributed by atoms with Crippen molar-refractivity contribution in [2.75, 3.05) is 6.61 Å². The molecule has 2 aliphatic rings. The lowest BCUT2D eigenvalue weighted by atomic mass is 9.64. The van der Waals surface area contributed by atoms with Crippen molar-refractivity contribution in [1.82, 2.24) is 10.9 Å². The van der Waals surface area contributed by atoms with Crippen LogP contribution in [0.4, 0.5) is 4.39 Å². The Hall–Kier alpha value is -3.09. The number of nitrogens with one attached hydrogen (secondary N) is 2. The fraction of sp³-hybridized carbons (Fsp3) is 0.300. The van der Waals surface area contributed by atoms with Gasteiger partial charge in [0.15, 0.2) is 11.5 Å². The lowest BCUT2D eigenvalue weighted by Gasteiger charge is -2.40. The summed E-state index contributed by atoms with van der Waals surface area (Å²) in [5.41, 5.74) is 4.68. The molecule has 7 heteroatoms. The van der Waals surface area contributed by atoms with Gasteiger partial charge in [-0.05, 0) is 42.7 Å². The van der Waals surface area contributed by atoms with E-state index in [-0.39, 0.29) is 18.3 Å². The third kappa shape index (κ3) is 3.20. The van der Waals surface area contributed by atoms with E-state index in [0.29, 0.717) is 29.9 Å². The summed E-state index contributed by atoms with van der Waals surface area (Å²) in [5.74, 6) is -0.200. The van der Waals surface area contributed by atoms with Crippen molar-refractivity contribution in [3.05, 3.63) is 59.9 Å². The fourth-order valence-corrected chi connectivity index (χ4v) is 3.43. The van der Waals surface area contributed by atoms with E-state index in [0.717, 1.165) is 6.42 Å². The van der Waals surface area contributed by atoms with Gasteiger partial charge in [0.1, 0.15) is 12.4 Å². The van der Waals surface area contributed by atoms with Gasteiger partial charge in [0, 0.05) is 0 Å². The maximum Gasteiger partial charge on any atom is 0.283 e. The summed E-state index contributed by atoms with van der Waals surface area (Å²) in [4.78, 5) is 25.1. The van der Waals surface area contributed by atoms with Gasteiger partial charge in [-0.2, -0.15) is 0 Å². The number of hydrogen-bond donors (Lipinski definition) is 2. The Balaban J connectivity index is 1.40. The van der Waals surface area contributed by atoms with Crippen LogP contribution in [0.15, 0.2) is 48.5 Å². The Morgan fingerprint density at radius 3 is 2.52 bits per heavy atom. The van der Waals surface area contributed by atoms with Gasteiger partial charge in [0.25, 0.3) is 5.91 Å². The topological polar surface area (TPSA) is 76.7 Å². The number of benzene rings is 2. The molecule has 0 saturated heterocycles. The van der Waals surface area contributed by atoms with Crippen LogP contribution in [-0.2, 0) is 15.0 Å². The molecule has 6 nitrogen and oxygen atoms in total. The van der Waals surface area contributed by atoms with Gasteiger partial charge in [-0.1, -0.05) is 30.7 Å². The normalized spacial score (nSPS) is 19.5. The van der Waals surface area contributed by atoms with E-state index in [1.807, 2.05) is 6.07 Å². The van der Waals surface area contributed by atoms with Crippen molar-refractivity contribution in [3.8, 4) is 11.5 Å². The molecule has 2 N–H and O–H groups in total. The van der Waals surface area contributed by atoms with Gasteiger partial charge in [-0.15, -0.1) is 0 Å². The number of amides is 2. The van der Waals surface area contributed by atoms with Crippen LogP contribution in [-0.4, -0.2) is 24.5 Å². The number of fused-ring (bicyclic) bond motifs is 1. The van der Waals surface area contributed by atoms with Crippen LogP contribution >= 0.6 is 0 Å². The Bertz CT molecular complexity index is 882. The molecule has 0 bridgehead atoms. The first-order valence-electron chi connectivity index (χ1n) is 8.83. The molecule has 0 aromatic heterocycles. The molecule has 140 valence electrons. The minimum absolute atomic E-state index is 0.0494. The van der Waals surface area contributed by atoms with E-state index < -0.39 is 17.4 Å². The summed E-state index contributed by atoms with van der Waals surface area (Å²) in [7, 11) is 0. The highest BCUT2D eigenvalue weighted by atomic mass is 19.1. The van der Waals surface area contributed by atoms with Crippen LogP contribution in [0, 0.1) is 5.82 Å². The average Bonchev–Trinajstić information content (AvgIpc) is 2.65. The molecule has 1 aliphatic carbocycles. The van der Waals surface area contributed by atoms with E-state index in [4.69, 9.17) is 9.47 Å². The average molecular weight is 370 g/mol. The molecule has 1 fully saturated rings. The minimum atomic E-state index is -0.869. The van der Waals surface area contributed by atoms with E-state index in [1.54, 1.807) is 30.3 Å². The second kappa shape index (κ2) is 6.90. The number of carbonyl (C=O) groups is 2. The molecule has 1 unspecified atom stereocenters. The molecule has 1 saturated carbocycles. The summed E-state index contributed by atoms with van der Waals surface area (Å²) in [6.07, 6.45) is 1.21. The summed E-state index contributed by atoms with van der Waals surface area (Å²) in [6.45, 7) is 0.0494. The van der Waals surface area contributed by atoms with Gasteiger partial charge in [0.05, 0.1) is 5.41 Å². The van der Waals surface area contributed by atoms with Gasteiger partial charge >= 0.3 is 0 Å². The second-order valence-electron chi connectivity index (χ2n) is 6.75. The number of hydrazine groups is 1. The van der Waals surface area contributed by atoms with Crippen LogP contribution in [0.1, 0.15) is 24.8 Å². The van der Waals surface area contributed by atoms with Crippen LogP contribution in [0.2, 0.25) is 0 Å². The van der Waals surface area contributed by atoms with E-state index in [9.17, 15) is 14.0 Å². The van der Waals surface area contributed by atoms with E-state index >= 15 is 0 Å². The Labute approximate surface area is 155 Å². The largest absolute Gasteiger partial charge is 0.485 e. The third-order valence-corrected chi connectivity index (χ3v) is 5.12. The molecule has 0 spiro atoms. The zero-order valence-electron chi connectivity index (χ0n) is 14.5.